The number of methoxy groups -OCH3 is 1. The standard InChI is InChI=1S/C21H23ClN4O2/c1-26(2)19(16-6-4-5-7-18(16)22)13-23-21(27)17-12-24-25-20(17)14-8-10-15(28-3)11-9-14/h4-12,19H,13H2,1-3H3,(H,23,27)(H,24,25). The predicted molar refractivity (Wildman–Crippen MR) is 111 cm³/mol. The lowest BCUT2D eigenvalue weighted by Crippen LogP contribution is -2.34. The highest BCUT2D eigenvalue weighted by Crippen LogP contribution is 2.26. The fourth-order valence-electron chi connectivity index (χ4n) is 3.04. The number of halogens is 1. The largest absolute Gasteiger partial charge is 0.497 e. The van der Waals surface area contributed by atoms with E-state index in [4.69, 9.17) is 16.3 Å². The molecule has 0 spiro atoms. The zero-order chi connectivity index (χ0) is 20.1. The first-order valence-electron chi connectivity index (χ1n) is 8.88. The third-order valence-corrected chi connectivity index (χ3v) is 4.95. The Labute approximate surface area is 169 Å². The zero-order valence-electron chi connectivity index (χ0n) is 16.1. The van der Waals surface area contributed by atoms with Crippen molar-refractivity contribution in [3.8, 4) is 17.0 Å². The number of aromatic nitrogens is 2. The Bertz CT molecular complexity index is 938. The number of rotatable bonds is 7. The van der Waals surface area contributed by atoms with E-state index in [1.54, 1.807) is 7.11 Å². The topological polar surface area (TPSA) is 70.2 Å². The van der Waals surface area contributed by atoms with Crippen LogP contribution < -0.4 is 10.1 Å². The van der Waals surface area contributed by atoms with Gasteiger partial charge in [0, 0.05) is 17.1 Å². The van der Waals surface area contributed by atoms with Crippen LogP contribution in [0.2, 0.25) is 5.02 Å². The molecule has 0 saturated heterocycles. The molecule has 3 aromatic rings. The Balaban J connectivity index is 1.76. The summed E-state index contributed by atoms with van der Waals surface area (Å²) in [6.45, 7) is 0.419. The lowest BCUT2D eigenvalue weighted by atomic mass is 10.0. The van der Waals surface area contributed by atoms with E-state index in [0.29, 0.717) is 22.8 Å². The number of H-pyrrole nitrogens is 1. The van der Waals surface area contributed by atoms with Gasteiger partial charge in [0.2, 0.25) is 0 Å². The van der Waals surface area contributed by atoms with Crippen LogP contribution in [0, 0.1) is 0 Å². The summed E-state index contributed by atoms with van der Waals surface area (Å²) in [5.41, 5.74) is 2.98. The number of hydrogen-bond acceptors (Lipinski definition) is 4. The molecule has 0 fully saturated rings. The van der Waals surface area contributed by atoms with Gasteiger partial charge in [-0.3, -0.25) is 9.89 Å². The van der Waals surface area contributed by atoms with Crippen molar-refractivity contribution in [3.05, 3.63) is 70.9 Å². The molecule has 28 heavy (non-hydrogen) atoms. The number of likely N-dealkylation sites (N-methyl/N-ethyl adjacent to an activating group) is 1. The molecule has 7 heteroatoms. The van der Waals surface area contributed by atoms with E-state index >= 15 is 0 Å². The van der Waals surface area contributed by atoms with Crippen molar-refractivity contribution in [2.24, 2.45) is 0 Å². The van der Waals surface area contributed by atoms with Crippen LogP contribution in [0.5, 0.6) is 5.75 Å². The fourth-order valence-corrected chi connectivity index (χ4v) is 3.30. The molecule has 146 valence electrons. The lowest BCUT2D eigenvalue weighted by molar-refractivity contribution is 0.0942. The molecule has 0 aliphatic heterocycles. The maximum Gasteiger partial charge on any atom is 0.255 e. The Morgan fingerprint density at radius 1 is 1.21 bits per heavy atom. The van der Waals surface area contributed by atoms with E-state index in [-0.39, 0.29) is 11.9 Å². The summed E-state index contributed by atoms with van der Waals surface area (Å²) in [5.74, 6) is 0.557. The number of aromatic amines is 1. The minimum Gasteiger partial charge on any atom is -0.497 e. The first kappa shape index (κ1) is 19.9. The third kappa shape index (κ3) is 4.35. The van der Waals surface area contributed by atoms with Crippen molar-refractivity contribution in [3.63, 3.8) is 0 Å². The number of benzene rings is 2. The molecule has 0 aliphatic carbocycles. The van der Waals surface area contributed by atoms with E-state index in [1.165, 1.54) is 6.20 Å². The molecule has 1 unspecified atom stereocenters. The Morgan fingerprint density at radius 2 is 1.93 bits per heavy atom. The van der Waals surface area contributed by atoms with E-state index in [0.717, 1.165) is 16.9 Å². The van der Waals surface area contributed by atoms with Crippen molar-refractivity contribution >= 4 is 17.5 Å². The van der Waals surface area contributed by atoms with Crippen molar-refractivity contribution in [1.29, 1.82) is 0 Å². The van der Waals surface area contributed by atoms with Gasteiger partial charge in [-0.05, 0) is 50.0 Å². The average molecular weight is 399 g/mol. The van der Waals surface area contributed by atoms with Gasteiger partial charge in [0.15, 0.2) is 0 Å². The molecular weight excluding hydrogens is 376 g/mol. The molecule has 1 atom stereocenters. The van der Waals surface area contributed by atoms with Crippen LogP contribution >= 0.6 is 11.6 Å². The molecular formula is C21H23ClN4O2. The summed E-state index contributed by atoms with van der Waals surface area (Å²) in [4.78, 5) is 14.8. The number of carbonyl (C=O) groups excluding carboxylic acids is 1. The van der Waals surface area contributed by atoms with Gasteiger partial charge >= 0.3 is 0 Å². The molecule has 1 amide bonds. The summed E-state index contributed by atoms with van der Waals surface area (Å²) >= 11 is 6.34. The second-order valence-corrected chi connectivity index (χ2v) is 7.01. The molecule has 1 heterocycles. The first-order valence-corrected chi connectivity index (χ1v) is 9.26. The van der Waals surface area contributed by atoms with E-state index in [9.17, 15) is 4.79 Å². The van der Waals surface area contributed by atoms with Crippen LogP contribution in [0.1, 0.15) is 22.0 Å². The van der Waals surface area contributed by atoms with Gasteiger partial charge in [-0.25, -0.2) is 0 Å². The number of ether oxygens (including phenoxy) is 1. The van der Waals surface area contributed by atoms with Crippen LogP contribution in [0.4, 0.5) is 0 Å². The lowest BCUT2D eigenvalue weighted by Gasteiger charge is -2.26. The van der Waals surface area contributed by atoms with Gasteiger partial charge in [0.1, 0.15) is 5.75 Å². The fraction of sp³-hybridized carbons (Fsp3) is 0.238. The summed E-state index contributed by atoms with van der Waals surface area (Å²) in [7, 11) is 5.53. The second kappa shape index (κ2) is 8.91. The zero-order valence-corrected chi connectivity index (χ0v) is 16.8. The van der Waals surface area contributed by atoms with E-state index in [1.807, 2.05) is 67.5 Å². The van der Waals surface area contributed by atoms with Crippen LogP contribution in [0.3, 0.4) is 0 Å². The highest BCUT2D eigenvalue weighted by Gasteiger charge is 2.20. The number of hydrogen-bond donors (Lipinski definition) is 2. The normalized spacial score (nSPS) is 12.0. The van der Waals surface area contributed by atoms with Crippen LogP contribution in [-0.2, 0) is 0 Å². The molecule has 2 aromatic carbocycles. The molecule has 2 N–H and O–H groups in total. The highest BCUT2D eigenvalue weighted by atomic mass is 35.5. The van der Waals surface area contributed by atoms with Gasteiger partial charge in [-0.1, -0.05) is 29.8 Å². The van der Waals surface area contributed by atoms with Crippen LogP contribution in [0.25, 0.3) is 11.3 Å². The van der Waals surface area contributed by atoms with Gasteiger partial charge in [-0.15, -0.1) is 0 Å². The van der Waals surface area contributed by atoms with Gasteiger partial charge < -0.3 is 15.0 Å². The Hall–Kier alpha value is -2.83. The monoisotopic (exact) mass is 398 g/mol. The number of nitrogens with zero attached hydrogens (tertiary/aromatic N) is 2. The quantitative estimate of drug-likeness (QED) is 0.635. The van der Waals surface area contributed by atoms with Crippen molar-refractivity contribution in [2.45, 2.75) is 6.04 Å². The Morgan fingerprint density at radius 3 is 2.57 bits per heavy atom. The molecule has 3 rings (SSSR count). The molecule has 0 aliphatic rings. The Kier molecular flexibility index (Phi) is 6.34. The van der Waals surface area contributed by atoms with Crippen LogP contribution in [0.15, 0.2) is 54.7 Å². The van der Waals surface area contributed by atoms with Gasteiger partial charge in [0.25, 0.3) is 5.91 Å². The molecule has 1 aromatic heterocycles. The summed E-state index contributed by atoms with van der Waals surface area (Å²) in [5, 5.41) is 10.6. The minimum absolute atomic E-state index is 0.0472. The maximum atomic E-state index is 12.8. The molecule has 6 nitrogen and oxygen atoms in total. The number of carbonyl (C=O) groups is 1. The SMILES string of the molecule is COc1ccc(-c2[nH]ncc2C(=O)NCC(c2ccccc2Cl)N(C)C)cc1. The molecule has 0 radical (unpaired) electrons. The third-order valence-electron chi connectivity index (χ3n) is 4.61. The maximum absolute atomic E-state index is 12.8. The number of nitrogens with one attached hydrogen (secondary N) is 2. The van der Waals surface area contributed by atoms with E-state index in [2.05, 4.69) is 15.5 Å². The molecule has 0 saturated carbocycles. The first-order chi connectivity index (χ1) is 13.5. The summed E-state index contributed by atoms with van der Waals surface area (Å²) in [6.07, 6.45) is 1.54. The molecule has 0 bridgehead atoms. The van der Waals surface area contributed by atoms with Crippen LogP contribution in [-0.4, -0.2) is 48.8 Å². The van der Waals surface area contributed by atoms with Gasteiger partial charge in [-0.2, -0.15) is 5.10 Å². The minimum atomic E-state index is -0.196. The van der Waals surface area contributed by atoms with E-state index < -0.39 is 0 Å². The average Bonchev–Trinajstić information content (AvgIpc) is 3.19. The second-order valence-electron chi connectivity index (χ2n) is 6.60. The predicted octanol–water partition coefficient (Wildman–Crippen LogP) is 3.77. The number of amides is 1. The smallest absolute Gasteiger partial charge is 0.255 e. The van der Waals surface area contributed by atoms with Crippen molar-refractivity contribution in [2.75, 3.05) is 27.7 Å². The van der Waals surface area contributed by atoms with Gasteiger partial charge in [0.05, 0.1) is 30.6 Å². The highest BCUT2D eigenvalue weighted by molar-refractivity contribution is 6.31. The van der Waals surface area contributed by atoms with Crippen molar-refractivity contribution in [1.82, 2.24) is 20.4 Å². The summed E-state index contributed by atoms with van der Waals surface area (Å²) < 4.78 is 5.18. The van der Waals surface area contributed by atoms with Crippen molar-refractivity contribution < 1.29 is 9.53 Å². The summed E-state index contributed by atoms with van der Waals surface area (Å²) in [6, 6.07) is 15.1.